The number of aliphatic imine (C=N–C) groups is 1. The number of rotatable bonds is 0. The highest BCUT2D eigenvalue weighted by atomic mass is 35.5. The number of hydrogen-bond donors (Lipinski definition) is 0. The predicted octanol–water partition coefficient (Wildman–Crippen LogP) is 2.07. The van der Waals surface area contributed by atoms with Crippen LogP contribution in [0.5, 0.6) is 0 Å². The van der Waals surface area contributed by atoms with Gasteiger partial charge in [0.05, 0.1) is 0 Å². The van der Waals surface area contributed by atoms with Crippen molar-refractivity contribution in [2.75, 3.05) is 11.4 Å². The quantitative estimate of drug-likeness (QED) is 0.510. The molecule has 3 rings (SSSR count). The van der Waals surface area contributed by atoms with Gasteiger partial charge >= 0.3 is 0 Å². The minimum Gasteiger partial charge on any atom is -0.618 e. The highest BCUT2D eigenvalue weighted by Crippen LogP contribution is 2.30. The number of para-hydroxylation sites is 2. The lowest BCUT2D eigenvalue weighted by Gasteiger charge is -2.28. The fraction of sp³-hybridized carbons (Fsp3) is 0.0909. The number of nitrogens with zero attached hydrogens (tertiary/aromatic N) is 3. The third-order valence-corrected chi connectivity index (χ3v) is 2.52. The lowest BCUT2D eigenvalue weighted by atomic mass is 10.2. The van der Waals surface area contributed by atoms with Crippen LogP contribution in [0.3, 0.4) is 0 Å². The van der Waals surface area contributed by atoms with Gasteiger partial charge in [-0.1, -0.05) is 12.1 Å². The van der Waals surface area contributed by atoms with Crippen LogP contribution in [-0.2, 0) is 0 Å². The molecule has 2 heterocycles. The highest BCUT2D eigenvalue weighted by molar-refractivity contribution is 6.36. The minimum absolute atomic E-state index is 0. The van der Waals surface area contributed by atoms with Gasteiger partial charge in [-0.2, -0.15) is 4.74 Å². The van der Waals surface area contributed by atoms with Crippen LogP contribution in [0.4, 0.5) is 11.4 Å². The van der Waals surface area contributed by atoms with Crippen molar-refractivity contribution < 1.29 is 4.74 Å². The molecule has 2 aliphatic heterocycles. The monoisotopic (exact) mass is 235 g/mol. The van der Waals surface area contributed by atoms with E-state index in [1.165, 1.54) is 6.21 Å². The van der Waals surface area contributed by atoms with E-state index >= 15 is 0 Å². The lowest BCUT2D eigenvalue weighted by Crippen LogP contribution is -2.38. The maximum atomic E-state index is 11.7. The fourth-order valence-electron chi connectivity index (χ4n) is 1.82. The molecule has 0 aliphatic carbocycles. The second-order valence-corrected chi connectivity index (χ2v) is 3.43. The Labute approximate surface area is 99.2 Å². The molecule has 0 saturated carbocycles. The Balaban J connectivity index is 0.000000963. The number of halogens is 1. The van der Waals surface area contributed by atoms with Gasteiger partial charge in [0.25, 0.3) is 0 Å². The summed E-state index contributed by atoms with van der Waals surface area (Å²) in [6.07, 6.45) is 5.20. The Hall–Kier alpha value is -1.81. The van der Waals surface area contributed by atoms with Crippen LogP contribution in [0.25, 0.3) is 0 Å². The van der Waals surface area contributed by atoms with Crippen molar-refractivity contribution in [2.24, 2.45) is 4.99 Å². The number of anilines is 1. The molecule has 4 nitrogen and oxygen atoms in total. The normalized spacial score (nSPS) is 16.6. The molecule has 0 fully saturated rings. The molecule has 0 N–H and O–H groups in total. The Morgan fingerprint density at radius 1 is 1.31 bits per heavy atom. The first-order valence-corrected chi connectivity index (χ1v) is 4.77. The van der Waals surface area contributed by atoms with Crippen LogP contribution in [0, 0.1) is 5.21 Å². The van der Waals surface area contributed by atoms with Gasteiger partial charge in [0.1, 0.15) is 5.69 Å². The van der Waals surface area contributed by atoms with E-state index in [4.69, 9.17) is 0 Å². The largest absolute Gasteiger partial charge is 0.618 e. The third kappa shape index (κ3) is 1.47. The Bertz CT molecular complexity index is 508. The molecule has 0 atom stereocenters. The van der Waals surface area contributed by atoms with E-state index in [-0.39, 0.29) is 12.4 Å². The first-order chi connectivity index (χ1) is 7.36. The van der Waals surface area contributed by atoms with Gasteiger partial charge in [-0.05, 0) is 12.1 Å². The SMILES string of the molecule is Cl.[O-][N+]1=CC2=NC=CCN2c2ccccc21. The summed E-state index contributed by atoms with van der Waals surface area (Å²) in [4.78, 5) is 6.18. The molecule has 0 saturated heterocycles. The van der Waals surface area contributed by atoms with Gasteiger partial charge < -0.3 is 10.1 Å². The third-order valence-electron chi connectivity index (χ3n) is 2.52. The van der Waals surface area contributed by atoms with Gasteiger partial charge in [-0.15, -0.1) is 12.4 Å². The molecule has 0 spiro atoms. The van der Waals surface area contributed by atoms with Crippen molar-refractivity contribution in [3.05, 3.63) is 41.7 Å². The molecule has 5 heteroatoms. The molecule has 1 aromatic carbocycles. The van der Waals surface area contributed by atoms with E-state index in [1.807, 2.05) is 35.2 Å². The molecule has 0 unspecified atom stereocenters. The van der Waals surface area contributed by atoms with Crippen LogP contribution in [0.2, 0.25) is 0 Å². The van der Waals surface area contributed by atoms with Gasteiger partial charge in [0, 0.05) is 18.8 Å². The molecule has 16 heavy (non-hydrogen) atoms. The average molecular weight is 236 g/mol. The van der Waals surface area contributed by atoms with Crippen molar-refractivity contribution in [1.82, 2.24) is 0 Å². The van der Waals surface area contributed by atoms with Crippen LogP contribution in [0.15, 0.2) is 41.5 Å². The number of hydrogen-bond acceptors (Lipinski definition) is 3. The summed E-state index contributed by atoms with van der Waals surface area (Å²) < 4.78 is 0.865. The summed E-state index contributed by atoms with van der Waals surface area (Å²) in [5.41, 5.74) is 1.59. The average Bonchev–Trinajstić information content (AvgIpc) is 2.30. The molecular formula is C11H10ClN3O. The maximum absolute atomic E-state index is 11.7. The molecule has 0 amide bonds. The van der Waals surface area contributed by atoms with Gasteiger partial charge in [-0.25, -0.2) is 4.99 Å². The highest BCUT2D eigenvalue weighted by Gasteiger charge is 2.26. The fourth-order valence-corrected chi connectivity index (χ4v) is 1.82. The predicted molar refractivity (Wildman–Crippen MR) is 67.0 cm³/mol. The summed E-state index contributed by atoms with van der Waals surface area (Å²) >= 11 is 0. The van der Waals surface area contributed by atoms with E-state index in [0.29, 0.717) is 11.5 Å². The summed E-state index contributed by atoms with van der Waals surface area (Å²) in [6.45, 7) is 0.764. The van der Waals surface area contributed by atoms with Crippen LogP contribution in [0.1, 0.15) is 0 Å². The second kappa shape index (κ2) is 3.98. The zero-order chi connectivity index (χ0) is 10.3. The van der Waals surface area contributed by atoms with E-state index in [9.17, 15) is 5.21 Å². The number of amidine groups is 1. The first-order valence-electron chi connectivity index (χ1n) is 4.77. The zero-order valence-corrected chi connectivity index (χ0v) is 9.22. The van der Waals surface area contributed by atoms with E-state index in [1.54, 1.807) is 6.20 Å². The standard InChI is InChI=1S/C11H9N3O.ClH/c15-14-8-11-12-6-3-7-13(11)9-4-1-2-5-10(9)14;/h1-6,8H,7H2;1H. The van der Waals surface area contributed by atoms with E-state index < -0.39 is 0 Å². The molecule has 0 radical (unpaired) electrons. The number of benzene rings is 1. The van der Waals surface area contributed by atoms with Crippen LogP contribution < -0.4 is 4.90 Å². The Kier molecular flexibility index (Phi) is 2.66. The summed E-state index contributed by atoms with van der Waals surface area (Å²) in [5, 5.41) is 11.7. The summed E-state index contributed by atoms with van der Waals surface area (Å²) in [5.74, 6) is 0.700. The Morgan fingerprint density at radius 2 is 2.12 bits per heavy atom. The topological polar surface area (TPSA) is 41.7 Å². The maximum Gasteiger partial charge on any atom is 0.240 e. The van der Waals surface area contributed by atoms with Gasteiger partial charge in [0.15, 0.2) is 5.84 Å². The van der Waals surface area contributed by atoms with Crippen LogP contribution in [-0.4, -0.2) is 23.3 Å². The Morgan fingerprint density at radius 3 is 3.00 bits per heavy atom. The smallest absolute Gasteiger partial charge is 0.240 e. The van der Waals surface area contributed by atoms with Crippen molar-refractivity contribution in [1.29, 1.82) is 0 Å². The lowest BCUT2D eigenvalue weighted by molar-refractivity contribution is -0.353. The molecule has 2 aliphatic rings. The molecule has 0 bridgehead atoms. The summed E-state index contributed by atoms with van der Waals surface area (Å²) in [6, 6.07) is 7.53. The van der Waals surface area contributed by atoms with E-state index in [0.717, 1.165) is 17.0 Å². The minimum atomic E-state index is 0. The van der Waals surface area contributed by atoms with Crippen molar-refractivity contribution in [3.63, 3.8) is 0 Å². The van der Waals surface area contributed by atoms with Crippen molar-refractivity contribution >= 4 is 35.8 Å². The summed E-state index contributed by atoms with van der Waals surface area (Å²) in [7, 11) is 0. The number of fused-ring (bicyclic) bond motifs is 3. The molecular weight excluding hydrogens is 226 g/mol. The van der Waals surface area contributed by atoms with E-state index in [2.05, 4.69) is 4.99 Å². The van der Waals surface area contributed by atoms with Gasteiger partial charge in [0.2, 0.25) is 11.9 Å². The second-order valence-electron chi connectivity index (χ2n) is 3.43. The molecule has 1 aromatic rings. The van der Waals surface area contributed by atoms with Crippen molar-refractivity contribution in [3.8, 4) is 0 Å². The van der Waals surface area contributed by atoms with Crippen molar-refractivity contribution in [2.45, 2.75) is 0 Å². The van der Waals surface area contributed by atoms with Gasteiger partial charge in [-0.3, -0.25) is 0 Å². The first kappa shape index (κ1) is 10.7. The molecule has 82 valence electrons. The molecule has 0 aromatic heterocycles. The van der Waals surface area contributed by atoms with Crippen LogP contribution >= 0.6 is 12.4 Å². The zero-order valence-electron chi connectivity index (χ0n) is 8.41.